The van der Waals surface area contributed by atoms with E-state index in [4.69, 9.17) is 0 Å². The van der Waals surface area contributed by atoms with Crippen molar-refractivity contribution in [3.63, 3.8) is 0 Å². The van der Waals surface area contributed by atoms with Crippen molar-refractivity contribution in [2.75, 3.05) is 25.1 Å². The van der Waals surface area contributed by atoms with E-state index in [1.165, 1.54) is 0 Å². The minimum Gasteiger partial charge on any atom is -0.342 e. The molecule has 2 saturated heterocycles. The summed E-state index contributed by atoms with van der Waals surface area (Å²) in [7, 11) is 1.90. The molecule has 0 spiro atoms. The first-order chi connectivity index (χ1) is 11.1. The predicted octanol–water partition coefficient (Wildman–Crippen LogP) is 1.78. The van der Waals surface area contributed by atoms with Crippen molar-refractivity contribution in [2.24, 2.45) is 5.92 Å². The van der Waals surface area contributed by atoms with Crippen molar-refractivity contribution in [2.45, 2.75) is 31.8 Å². The zero-order chi connectivity index (χ0) is 16.2. The molecule has 3 heterocycles. The summed E-state index contributed by atoms with van der Waals surface area (Å²) < 4.78 is 0. The molecule has 1 aromatic rings. The van der Waals surface area contributed by atoms with E-state index in [2.05, 4.69) is 4.98 Å². The predicted molar refractivity (Wildman–Crippen MR) is 90.9 cm³/mol. The molecular formula is C17H23N3O2S. The van der Waals surface area contributed by atoms with Crippen LogP contribution in [0.1, 0.15) is 24.8 Å². The Hall–Kier alpha value is -1.56. The van der Waals surface area contributed by atoms with Crippen molar-refractivity contribution in [3.8, 4) is 0 Å². The van der Waals surface area contributed by atoms with E-state index < -0.39 is 0 Å². The van der Waals surface area contributed by atoms with Gasteiger partial charge in [-0.05, 0) is 36.0 Å². The van der Waals surface area contributed by atoms with Gasteiger partial charge in [0, 0.05) is 45.0 Å². The Balaban J connectivity index is 1.59. The molecule has 2 aliphatic rings. The third kappa shape index (κ3) is 3.86. The molecule has 3 rings (SSSR count). The molecule has 0 unspecified atom stereocenters. The third-order valence-corrected chi connectivity index (χ3v) is 5.79. The van der Waals surface area contributed by atoms with Crippen molar-refractivity contribution in [1.82, 2.24) is 14.8 Å². The summed E-state index contributed by atoms with van der Waals surface area (Å²) >= 11 is 1.96. The second kappa shape index (κ2) is 7.34. The lowest BCUT2D eigenvalue weighted by Gasteiger charge is -2.32. The maximum absolute atomic E-state index is 12.7. The SMILES string of the molecule is CN(C(=O)[C@H]1CC(=O)N(Cc2cccnc2)C1)C1CCSCC1. The van der Waals surface area contributed by atoms with Crippen LogP contribution < -0.4 is 0 Å². The molecule has 1 aromatic heterocycles. The van der Waals surface area contributed by atoms with E-state index in [9.17, 15) is 9.59 Å². The van der Waals surface area contributed by atoms with Crippen molar-refractivity contribution >= 4 is 23.6 Å². The van der Waals surface area contributed by atoms with Crippen molar-refractivity contribution in [3.05, 3.63) is 30.1 Å². The number of amides is 2. The van der Waals surface area contributed by atoms with Gasteiger partial charge in [0.05, 0.1) is 5.92 Å². The van der Waals surface area contributed by atoms with Crippen LogP contribution in [0.5, 0.6) is 0 Å². The number of nitrogens with zero attached hydrogens (tertiary/aromatic N) is 3. The molecule has 0 saturated carbocycles. The zero-order valence-electron chi connectivity index (χ0n) is 13.5. The lowest BCUT2D eigenvalue weighted by Crippen LogP contribution is -2.43. The molecule has 0 bridgehead atoms. The standard InChI is InChI=1S/C17H23N3O2S/c1-19(15-4-7-23-8-5-15)17(22)14-9-16(21)20(12-14)11-13-3-2-6-18-10-13/h2-3,6,10,14-15H,4-5,7-9,11-12H2,1H3/t14-/m0/s1. The number of thioether (sulfide) groups is 1. The van der Waals surface area contributed by atoms with Crippen LogP contribution in [0.15, 0.2) is 24.5 Å². The summed E-state index contributed by atoms with van der Waals surface area (Å²) in [6.45, 7) is 1.07. The Kier molecular flexibility index (Phi) is 5.20. The number of carbonyl (C=O) groups is 2. The lowest BCUT2D eigenvalue weighted by atomic mass is 10.0. The zero-order valence-corrected chi connectivity index (χ0v) is 14.3. The van der Waals surface area contributed by atoms with Gasteiger partial charge in [-0.1, -0.05) is 6.07 Å². The Bertz CT molecular complexity index is 560. The first-order valence-electron chi connectivity index (χ1n) is 8.16. The van der Waals surface area contributed by atoms with Gasteiger partial charge in [0.2, 0.25) is 11.8 Å². The van der Waals surface area contributed by atoms with Crippen LogP contribution in [0, 0.1) is 5.92 Å². The highest BCUT2D eigenvalue weighted by Gasteiger charge is 2.37. The molecule has 0 aromatic carbocycles. The number of aromatic nitrogens is 1. The number of carbonyl (C=O) groups excluding carboxylic acids is 2. The number of pyridine rings is 1. The fraction of sp³-hybridized carbons (Fsp3) is 0.588. The van der Waals surface area contributed by atoms with Crippen molar-refractivity contribution < 1.29 is 9.59 Å². The van der Waals surface area contributed by atoms with Crippen LogP contribution in [0.2, 0.25) is 0 Å². The first-order valence-corrected chi connectivity index (χ1v) is 9.31. The highest BCUT2D eigenvalue weighted by atomic mass is 32.2. The van der Waals surface area contributed by atoms with Gasteiger partial charge < -0.3 is 9.80 Å². The average molecular weight is 333 g/mol. The molecule has 2 fully saturated rings. The van der Waals surface area contributed by atoms with E-state index in [1.54, 1.807) is 17.3 Å². The second-order valence-electron chi connectivity index (χ2n) is 6.33. The van der Waals surface area contributed by atoms with E-state index in [0.29, 0.717) is 25.6 Å². The molecule has 23 heavy (non-hydrogen) atoms. The van der Waals surface area contributed by atoms with Crippen LogP contribution in [-0.4, -0.2) is 57.7 Å². The molecule has 0 aliphatic carbocycles. The van der Waals surface area contributed by atoms with Crippen LogP contribution in [0.3, 0.4) is 0 Å². The van der Waals surface area contributed by atoms with E-state index in [-0.39, 0.29) is 17.7 Å². The van der Waals surface area contributed by atoms with Crippen molar-refractivity contribution in [1.29, 1.82) is 0 Å². The molecule has 2 amide bonds. The monoisotopic (exact) mass is 333 g/mol. The maximum Gasteiger partial charge on any atom is 0.227 e. The minimum atomic E-state index is -0.196. The Morgan fingerprint density at radius 2 is 2.22 bits per heavy atom. The second-order valence-corrected chi connectivity index (χ2v) is 7.55. The van der Waals surface area contributed by atoms with Crippen LogP contribution in [0.25, 0.3) is 0 Å². The summed E-state index contributed by atoms with van der Waals surface area (Å²) in [4.78, 5) is 32.7. The summed E-state index contributed by atoms with van der Waals surface area (Å²) in [6.07, 6.45) is 5.96. The van der Waals surface area contributed by atoms with Gasteiger partial charge in [0.15, 0.2) is 0 Å². The van der Waals surface area contributed by atoms with Gasteiger partial charge in [0.1, 0.15) is 0 Å². The van der Waals surface area contributed by atoms with Crippen LogP contribution in [-0.2, 0) is 16.1 Å². The third-order valence-electron chi connectivity index (χ3n) is 4.75. The quantitative estimate of drug-likeness (QED) is 0.843. The topological polar surface area (TPSA) is 53.5 Å². The van der Waals surface area contributed by atoms with Crippen LogP contribution in [0.4, 0.5) is 0 Å². The van der Waals surface area contributed by atoms with Gasteiger partial charge in [-0.15, -0.1) is 0 Å². The first kappa shape index (κ1) is 16.3. The largest absolute Gasteiger partial charge is 0.342 e. The Labute approximate surface area is 141 Å². The fourth-order valence-electron chi connectivity index (χ4n) is 3.34. The molecule has 6 heteroatoms. The molecule has 124 valence electrons. The lowest BCUT2D eigenvalue weighted by molar-refractivity contribution is -0.136. The highest BCUT2D eigenvalue weighted by molar-refractivity contribution is 7.99. The van der Waals surface area contributed by atoms with Gasteiger partial charge in [-0.3, -0.25) is 14.6 Å². The Morgan fingerprint density at radius 1 is 1.43 bits per heavy atom. The summed E-state index contributed by atoms with van der Waals surface area (Å²) in [5.74, 6) is 2.25. The normalized spacial score (nSPS) is 22.4. The van der Waals surface area contributed by atoms with Gasteiger partial charge in [-0.25, -0.2) is 0 Å². The number of likely N-dealkylation sites (tertiary alicyclic amines) is 1. The number of hydrogen-bond donors (Lipinski definition) is 0. The molecule has 0 N–H and O–H groups in total. The minimum absolute atomic E-state index is 0.0693. The number of rotatable bonds is 4. The van der Waals surface area contributed by atoms with E-state index in [1.807, 2.05) is 35.8 Å². The summed E-state index contributed by atoms with van der Waals surface area (Å²) in [6, 6.07) is 4.17. The Morgan fingerprint density at radius 3 is 2.91 bits per heavy atom. The molecule has 2 aliphatic heterocycles. The highest BCUT2D eigenvalue weighted by Crippen LogP contribution is 2.26. The molecule has 0 radical (unpaired) electrons. The van der Waals surface area contributed by atoms with Gasteiger partial charge >= 0.3 is 0 Å². The van der Waals surface area contributed by atoms with Gasteiger partial charge in [0.25, 0.3) is 0 Å². The summed E-state index contributed by atoms with van der Waals surface area (Å²) in [5.41, 5.74) is 1.01. The fourth-order valence-corrected chi connectivity index (χ4v) is 4.42. The molecular weight excluding hydrogens is 310 g/mol. The molecule has 5 nitrogen and oxygen atoms in total. The van der Waals surface area contributed by atoms with Crippen LogP contribution >= 0.6 is 11.8 Å². The van der Waals surface area contributed by atoms with Gasteiger partial charge in [-0.2, -0.15) is 11.8 Å². The molecule has 1 atom stereocenters. The number of hydrogen-bond acceptors (Lipinski definition) is 4. The maximum atomic E-state index is 12.7. The van der Waals surface area contributed by atoms with E-state index >= 15 is 0 Å². The van der Waals surface area contributed by atoms with E-state index in [0.717, 1.165) is 29.9 Å². The summed E-state index contributed by atoms with van der Waals surface area (Å²) in [5, 5.41) is 0. The smallest absolute Gasteiger partial charge is 0.227 e. The average Bonchev–Trinajstić information content (AvgIpc) is 2.96.